The van der Waals surface area contributed by atoms with E-state index in [1.165, 1.54) is 7.11 Å². The lowest BCUT2D eigenvalue weighted by Gasteiger charge is -2.41. The summed E-state index contributed by atoms with van der Waals surface area (Å²) in [7, 11) is 1.44. The van der Waals surface area contributed by atoms with E-state index in [1.807, 2.05) is 26.0 Å². The average molecular weight is 321 g/mol. The number of ether oxygens (including phenoxy) is 1. The number of halogens is 1. The van der Waals surface area contributed by atoms with Crippen LogP contribution in [0.5, 0.6) is 0 Å². The minimum atomic E-state index is -0.510. The molecule has 5 heteroatoms. The van der Waals surface area contributed by atoms with Crippen LogP contribution in [0, 0.1) is 22.7 Å². The van der Waals surface area contributed by atoms with Crippen molar-refractivity contribution in [3.63, 3.8) is 0 Å². The molecule has 0 radical (unpaired) electrons. The lowest BCUT2D eigenvalue weighted by Crippen LogP contribution is -2.45. The van der Waals surface area contributed by atoms with Crippen molar-refractivity contribution in [2.75, 3.05) is 25.1 Å². The molecule has 0 amide bonds. The fourth-order valence-corrected chi connectivity index (χ4v) is 3.24. The van der Waals surface area contributed by atoms with Gasteiger partial charge < -0.3 is 9.64 Å². The van der Waals surface area contributed by atoms with Crippen LogP contribution in [0.3, 0.4) is 0 Å². The molecule has 0 aliphatic carbocycles. The highest BCUT2D eigenvalue weighted by molar-refractivity contribution is 6.32. The number of carbonyl (C=O) groups excluding carboxylic acids is 1. The maximum Gasteiger partial charge on any atom is 0.311 e. The number of anilines is 1. The standard InChI is InChI=1S/C17H21ClN2O2/c1-17(2,16(21)22-3)13-5-4-8-20(11-13)14-7-6-12(10-19)15(18)9-14/h6-7,9,13H,4-5,8,11H2,1-3H3. The van der Waals surface area contributed by atoms with E-state index >= 15 is 0 Å². The molecule has 1 unspecified atom stereocenters. The highest BCUT2D eigenvalue weighted by Gasteiger charge is 2.40. The molecule has 2 rings (SSSR count). The number of nitriles is 1. The zero-order chi connectivity index (χ0) is 16.3. The lowest BCUT2D eigenvalue weighted by molar-refractivity contribution is -0.154. The average Bonchev–Trinajstić information content (AvgIpc) is 2.54. The maximum absolute atomic E-state index is 12.0. The Balaban J connectivity index is 2.19. The van der Waals surface area contributed by atoms with Gasteiger partial charge in [0.1, 0.15) is 6.07 Å². The molecule has 1 heterocycles. The summed E-state index contributed by atoms with van der Waals surface area (Å²) in [5.41, 5.74) is 0.965. The summed E-state index contributed by atoms with van der Waals surface area (Å²) in [6.45, 7) is 5.60. The number of benzene rings is 1. The third-order valence-corrected chi connectivity index (χ3v) is 4.90. The fraction of sp³-hybridized carbons (Fsp3) is 0.529. The monoisotopic (exact) mass is 320 g/mol. The second-order valence-corrected chi connectivity index (χ2v) is 6.68. The molecule has 1 fully saturated rings. The molecule has 1 aliphatic rings. The Hall–Kier alpha value is -1.73. The Morgan fingerprint density at radius 3 is 2.82 bits per heavy atom. The molecule has 0 saturated carbocycles. The van der Waals surface area contributed by atoms with Crippen LogP contribution in [0.2, 0.25) is 5.02 Å². The normalized spacial score (nSPS) is 18.7. The summed E-state index contributed by atoms with van der Waals surface area (Å²) in [4.78, 5) is 14.2. The summed E-state index contributed by atoms with van der Waals surface area (Å²) in [6, 6.07) is 7.55. The Bertz CT molecular complexity index is 607. The Morgan fingerprint density at radius 2 is 2.23 bits per heavy atom. The number of hydrogen-bond donors (Lipinski definition) is 0. The van der Waals surface area contributed by atoms with Crippen molar-refractivity contribution >= 4 is 23.3 Å². The van der Waals surface area contributed by atoms with E-state index in [0.717, 1.165) is 31.6 Å². The van der Waals surface area contributed by atoms with Gasteiger partial charge in [-0.15, -0.1) is 0 Å². The third kappa shape index (κ3) is 3.20. The van der Waals surface area contributed by atoms with Gasteiger partial charge in [-0.25, -0.2) is 0 Å². The van der Waals surface area contributed by atoms with Crippen molar-refractivity contribution in [3.05, 3.63) is 28.8 Å². The Morgan fingerprint density at radius 1 is 1.50 bits per heavy atom. The van der Waals surface area contributed by atoms with Crippen molar-refractivity contribution in [3.8, 4) is 6.07 Å². The van der Waals surface area contributed by atoms with Gasteiger partial charge in [0.05, 0.1) is 23.1 Å². The largest absolute Gasteiger partial charge is 0.469 e. The molecule has 0 N–H and O–H groups in total. The van der Waals surface area contributed by atoms with E-state index in [4.69, 9.17) is 21.6 Å². The summed E-state index contributed by atoms with van der Waals surface area (Å²) in [5, 5.41) is 9.42. The van der Waals surface area contributed by atoms with Crippen LogP contribution in [-0.4, -0.2) is 26.2 Å². The van der Waals surface area contributed by atoms with E-state index in [-0.39, 0.29) is 11.9 Å². The topological polar surface area (TPSA) is 53.3 Å². The van der Waals surface area contributed by atoms with Gasteiger partial charge in [-0.1, -0.05) is 11.6 Å². The van der Waals surface area contributed by atoms with Gasteiger partial charge in [-0.3, -0.25) is 4.79 Å². The predicted octanol–water partition coefficient (Wildman–Crippen LogP) is 3.63. The van der Waals surface area contributed by atoms with Crippen molar-refractivity contribution in [2.24, 2.45) is 11.3 Å². The SMILES string of the molecule is COC(=O)C(C)(C)C1CCCN(c2ccc(C#N)c(Cl)c2)C1. The van der Waals surface area contributed by atoms with E-state index in [1.54, 1.807) is 6.07 Å². The summed E-state index contributed by atoms with van der Waals surface area (Å²) in [6.07, 6.45) is 2.02. The third-order valence-electron chi connectivity index (χ3n) is 4.59. The van der Waals surface area contributed by atoms with Gasteiger partial charge in [0.2, 0.25) is 0 Å². The molecule has 4 nitrogen and oxygen atoms in total. The number of carbonyl (C=O) groups is 1. The Kier molecular flexibility index (Phi) is 4.97. The zero-order valence-corrected chi connectivity index (χ0v) is 14.0. The lowest BCUT2D eigenvalue weighted by atomic mass is 9.74. The number of esters is 1. The molecule has 1 aromatic rings. The highest BCUT2D eigenvalue weighted by atomic mass is 35.5. The van der Waals surface area contributed by atoms with Crippen LogP contribution >= 0.6 is 11.6 Å². The van der Waals surface area contributed by atoms with Crippen LogP contribution in [0.4, 0.5) is 5.69 Å². The van der Waals surface area contributed by atoms with Crippen LogP contribution in [0.1, 0.15) is 32.3 Å². The second-order valence-electron chi connectivity index (χ2n) is 6.27. The molecular formula is C17H21ClN2O2. The predicted molar refractivity (Wildman–Crippen MR) is 86.9 cm³/mol. The quantitative estimate of drug-likeness (QED) is 0.798. The molecular weight excluding hydrogens is 300 g/mol. The second kappa shape index (κ2) is 6.58. The van der Waals surface area contributed by atoms with Crippen LogP contribution < -0.4 is 4.90 Å². The van der Waals surface area contributed by atoms with E-state index in [9.17, 15) is 4.79 Å². The number of methoxy groups -OCH3 is 1. The number of rotatable bonds is 3. The smallest absolute Gasteiger partial charge is 0.311 e. The first-order valence-corrected chi connectivity index (χ1v) is 7.81. The van der Waals surface area contributed by atoms with Gasteiger partial charge in [0, 0.05) is 18.8 Å². The van der Waals surface area contributed by atoms with E-state index in [2.05, 4.69) is 11.0 Å². The van der Waals surface area contributed by atoms with Gasteiger partial charge in [0.15, 0.2) is 0 Å². The summed E-state index contributed by atoms with van der Waals surface area (Å²) in [5.74, 6) is 0.0559. The van der Waals surface area contributed by atoms with Gasteiger partial charge in [-0.2, -0.15) is 5.26 Å². The van der Waals surface area contributed by atoms with E-state index in [0.29, 0.717) is 10.6 Å². The summed E-state index contributed by atoms with van der Waals surface area (Å²) >= 11 is 6.12. The molecule has 0 spiro atoms. The molecule has 1 saturated heterocycles. The van der Waals surface area contributed by atoms with Crippen molar-refractivity contribution in [1.29, 1.82) is 5.26 Å². The van der Waals surface area contributed by atoms with Gasteiger partial charge in [-0.05, 0) is 50.8 Å². The molecule has 1 atom stereocenters. The minimum Gasteiger partial charge on any atom is -0.469 e. The van der Waals surface area contributed by atoms with Gasteiger partial charge in [0.25, 0.3) is 0 Å². The van der Waals surface area contributed by atoms with Crippen LogP contribution in [-0.2, 0) is 9.53 Å². The van der Waals surface area contributed by atoms with Crippen molar-refractivity contribution in [2.45, 2.75) is 26.7 Å². The molecule has 118 valence electrons. The minimum absolute atomic E-state index is 0.169. The molecule has 1 aromatic carbocycles. The highest BCUT2D eigenvalue weighted by Crippen LogP contribution is 2.37. The van der Waals surface area contributed by atoms with Crippen LogP contribution in [0.15, 0.2) is 18.2 Å². The number of piperidine rings is 1. The number of hydrogen-bond acceptors (Lipinski definition) is 4. The maximum atomic E-state index is 12.0. The summed E-state index contributed by atoms with van der Waals surface area (Å²) < 4.78 is 4.94. The molecule has 1 aliphatic heterocycles. The van der Waals surface area contributed by atoms with E-state index < -0.39 is 5.41 Å². The van der Waals surface area contributed by atoms with Gasteiger partial charge >= 0.3 is 5.97 Å². The van der Waals surface area contributed by atoms with Crippen molar-refractivity contribution < 1.29 is 9.53 Å². The number of nitrogens with zero attached hydrogens (tertiary/aromatic N) is 2. The molecule has 0 bridgehead atoms. The molecule has 22 heavy (non-hydrogen) atoms. The first kappa shape index (κ1) is 16.6. The zero-order valence-electron chi connectivity index (χ0n) is 13.2. The van der Waals surface area contributed by atoms with Crippen molar-refractivity contribution in [1.82, 2.24) is 0 Å². The van der Waals surface area contributed by atoms with Crippen LogP contribution in [0.25, 0.3) is 0 Å². The Labute approximate surface area is 136 Å². The first-order chi connectivity index (χ1) is 10.4. The molecule has 0 aromatic heterocycles. The first-order valence-electron chi connectivity index (χ1n) is 7.43. The fourth-order valence-electron chi connectivity index (χ4n) is 3.02.